The van der Waals surface area contributed by atoms with Crippen LogP contribution < -0.4 is 0 Å². The van der Waals surface area contributed by atoms with Crippen LogP contribution in [0.15, 0.2) is 15.9 Å². The first-order valence-corrected chi connectivity index (χ1v) is 8.04. The summed E-state index contributed by atoms with van der Waals surface area (Å²) in [6.07, 6.45) is 0. The molecule has 0 atom stereocenters. The molecule has 0 bridgehead atoms. The highest BCUT2D eigenvalue weighted by atomic mass is 127. The van der Waals surface area contributed by atoms with Crippen LogP contribution in [0, 0.1) is 3.57 Å². The van der Waals surface area contributed by atoms with E-state index in [1.165, 1.54) is 0 Å². The summed E-state index contributed by atoms with van der Waals surface area (Å²) >= 11 is 13.4. The molecular formula is C11H9BrClIN2S. The molecule has 0 aliphatic rings. The molecule has 0 radical (unpaired) electrons. The number of hydrogen-bond acceptors (Lipinski definition) is 3. The number of aromatic nitrogens is 2. The van der Waals surface area contributed by atoms with Gasteiger partial charge in [0.25, 0.3) is 0 Å². The zero-order chi connectivity index (χ0) is 12.6. The summed E-state index contributed by atoms with van der Waals surface area (Å²) in [4.78, 5) is 9.96. The van der Waals surface area contributed by atoms with Gasteiger partial charge in [0.2, 0.25) is 0 Å². The number of thiophene rings is 1. The molecule has 0 N–H and O–H groups in total. The molecule has 2 nitrogen and oxygen atoms in total. The van der Waals surface area contributed by atoms with Crippen LogP contribution in [0.2, 0.25) is 5.15 Å². The van der Waals surface area contributed by atoms with Crippen LogP contribution in [0.3, 0.4) is 0 Å². The van der Waals surface area contributed by atoms with E-state index >= 15 is 0 Å². The molecule has 0 saturated carbocycles. The van der Waals surface area contributed by atoms with Crippen molar-refractivity contribution in [1.82, 2.24) is 9.97 Å². The van der Waals surface area contributed by atoms with E-state index in [0.717, 1.165) is 17.9 Å². The number of rotatable bonds is 2. The van der Waals surface area contributed by atoms with Gasteiger partial charge in [-0.25, -0.2) is 9.97 Å². The van der Waals surface area contributed by atoms with Gasteiger partial charge in [-0.05, 0) is 56.6 Å². The molecular weight excluding hydrogens is 434 g/mol. The monoisotopic (exact) mass is 442 g/mol. The third kappa shape index (κ3) is 3.00. The molecule has 90 valence electrons. The third-order valence-corrected chi connectivity index (χ3v) is 5.45. The highest BCUT2D eigenvalue weighted by Crippen LogP contribution is 2.32. The van der Waals surface area contributed by atoms with Crippen molar-refractivity contribution >= 4 is 61.5 Å². The fourth-order valence-electron chi connectivity index (χ4n) is 1.36. The van der Waals surface area contributed by atoms with Crippen LogP contribution in [-0.2, 0) is 0 Å². The zero-order valence-electron chi connectivity index (χ0n) is 9.17. The largest absolute Gasteiger partial charge is 0.231 e. The molecule has 2 aromatic rings. The second-order valence-electron chi connectivity index (χ2n) is 3.80. The SMILES string of the molecule is CC(C)c1nc(-c2ccc(Br)s2)nc(Cl)c1I. The van der Waals surface area contributed by atoms with Gasteiger partial charge in [0, 0.05) is 0 Å². The number of halogens is 3. The molecule has 2 aromatic heterocycles. The van der Waals surface area contributed by atoms with E-state index in [0.29, 0.717) is 16.9 Å². The first-order valence-electron chi connectivity index (χ1n) is 4.97. The van der Waals surface area contributed by atoms with Crippen LogP contribution >= 0.6 is 61.5 Å². The number of hydrogen-bond donors (Lipinski definition) is 0. The van der Waals surface area contributed by atoms with Crippen molar-refractivity contribution in [3.63, 3.8) is 0 Å². The average molecular weight is 444 g/mol. The lowest BCUT2D eigenvalue weighted by Crippen LogP contribution is -2.01. The molecule has 0 aliphatic heterocycles. The summed E-state index contributed by atoms with van der Waals surface area (Å²) < 4.78 is 2.01. The minimum atomic E-state index is 0.338. The van der Waals surface area contributed by atoms with E-state index in [1.54, 1.807) is 11.3 Å². The van der Waals surface area contributed by atoms with Gasteiger partial charge in [0.05, 0.1) is 17.9 Å². The van der Waals surface area contributed by atoms with Gasteiger partial charge in [-0.2, -0.15) is 0 Å². The highest BCUT2D eigenvalue weighted by Gasteiger charge is 2.15. The van der Waals surface area contributed by atoms with E-state index in [-0.39, 0.29) is 0 Å². The smallest absolute Gasteiger partial charge is 0.171 e. The number of nitrogens with zero attached hydrogens (tertiary/aromatic N) is 2. The Morgan fingerprint density at radius 2 is 2.06 bits per heavy atom. The fourth-order valence-corrected chi connectivity index (χ4v) is 3.72. The summed E-state index contributed by atoms with van der Waals surface area (Å²) in [5.74, 6) is 1.04. The lowest BCUT2D eigenvalue weighted by molar-refractivity contribution is 0.809. The maximum atomic E-state index is 6.15. The summed E-state index contributed by atoms with van der Waals surface area (Å²) in [6.45, 7) is 4.21. The van der Waals surface area contributed by atoms with Gasteiger partial charge < -0.3 is 0 Å². The van der Waals surface area contributed by atoms with E-state index in [1.807, 2.05) is 12.1 Å². The minimum Gasteiger partial charge on any atom is -0.231 e. The molecule has 2 rings (SSSR count). The highest BCUT2D eigenvalue weighted by molar-refractivity contribution is 14.1. The van der Waals surface area contributed by atoms with Crippen molar-refractivity contribution in [3.8, 4) is 10.7 Å². The van der Waals surface area contributed by atoms with Crippen LogP contribution in [0.25, 0.3) is 10.7 Å². The Kier molecular flexibility index (Phi) is 4.44. The quantitative estimate of drug-likeness (QED) is 0.462. The predicted molar refractivity (Wildman–Crippen MR) is 84.9 cm³/mol. The molecule has 0 aliphatic carbocycles. The first-order chi connectivity index (χ1) is 7.99. The topological polar surface area (TPSA) is 25.8 Å². The lowest BCUT2D eigenvalue weighted by atomic mass is 10.1. The van der Waals surface area contributed by atoms with Gasteiger partial charge in [0.1, 0.15) is 5.15 Å². The summed E-state index contributed by atoms with van der Waals surface area (Å²) in [5, 5.41) is 0.531. The van der Waals surface area contributed by atoms with Crippen molar-refractivity contribution < 1.29 is 0 Å². The molecule has 0 amide bonds. The Bertz CT molecular complexity index is 556. The summed E-state index contributed by atoms with van der Waals surface area (Å²) in [6, 6.07) is 3.99. The zero-order valence-corrected chi connectivity index (χ0v) is 14.5. The van der Waals surface area contributed by atoms with Gasteiger partial charge in [0.15, 0.2) is 5.82 Å². The Hall–Kier alpha value is 0.280. The Balaban J connectivity index is 2.56. The summed E-state index contributed by atoms with van der Waals surface area (Å²) in [5.41, 5.74) is 1.00. The first kappa shape index (κ1) is 13.7. The molecule has 0 unspecified atom stereocenters. The van der Waals surface area contributed by atoms with Crippen molar-refractivity contribution in [1.29, 1.82) is 0 Å². The van der Waals surface area contributed by atoms with E-state index in [9.17, 15) is 0 Å². The Morgan fingerprint density at radius 1 is 1.35 bits per heavy atom. The van der Waals surface area contributed by atoms with Crippen molar-refractivity contribution in [2.75, 3.05) is 0 Å². The van der Waals surface area contributed by atoms with E-state index < -0.39 is 0 Å². The Morgan fingerprint density at radius 3 is 2.59 bits per heavy atom. The third-order valence-electron chi connectivity index (χ3n) is 2.18. The maximum absolute atomic E-state index is 6.15. The van der Waals surface area contributed by atoms with Gasteiger partial charge in [-0.15, -0.1) is 11.3 Å². The van der Waals surface area contributed by atoms with Crippen LogP contribution in [0.5, 0.6) is 0 Å². The normalized spacial score (nSPS) is 11.2. The predicted octanol–water partition coefficient (Wildman–Crippen LogP) is 5.35. The molecule has 6 heteroatoms. The second kappa shape index (κ2) is 5.50. The van der Waals surface area contributed by atoms with E-state index in [2.05, 4.69) is 62.3 Å². The molecule has 0 saturated heterocycles. The van der Waals surface area contributed by atoms with Gasteiger partial charge in [-0.1, -0.05) is 25.4 Å². The van der Waals surface area contributed by atoms with Crippen molar-refractivity contribution in [2.24, 2.45) is 0 Å². The fraction of sp³-hybridized carbons (Fsp3) is 0.273. The average Bonchev–Trinajstić information content (AvgIpc) is 2.68. The van der Waals surface area contributed by atoms with Crippen LogP contribution in [0.1, 0.15) is 25.5 Å². The molecule has 0 aromatic carbocycles. The van der Waals surface area contributed by atoms with Crippen LogP contribution in [-0.4, -0.2) is 9.97 Å². The van der Waals surface area contributed by atoms with E-state index in [4.69, 9.17) is 11.6 Å². The maximum Gasteiger partial charge on any atom is 0.171 e. The molecule has 17 heavy (non-hydrogen) atoms. The Labute approximate surface area is 131 Å². The lowest BCUT2D eigenvalue weighted by Gasteiger charge is -2.09. The van der Waals surface area contributed by atoms with Gasteiger partial charge in [-0.3, -0.25) is 0 Å². The molecule has 2 heterocycles. The van der Waals surface area contributed by atoms with Crippen LogP contribution in [0.4, 0.5) is 0 Å². The second-order valence-corrected chi connectivity index (χ2v) is 7.70. The van der Waals surface area contributed by atoms with Crippen molar-refractivity contribution in [3.05, 3.63) is 30.3 Å². The van der Waals surface area contributed by atoms with Gasteiger partial charge >= 0.3 is 0 Å². The van der Waals surface area contributed by atoms with Crippen molar-refractivity contribution in [2.45, 2.75) is 19.8 Å². The molecule has 0 spiro atoms. The standard InChI is InChI=1S/C11H9BrClIN2S/c1-5(2)9-8(14)10(13)16-11(15-9)6-3-4-7(12)17-6/h3-5H,1-2H3. The summed E-state index contributed by atoms with van der Waals surface area (Å²) in [7, 11) is 0. The molecule has 0 fully saturated rings. The minimum absolute atomic E-state index is 0.338.